The van der Waals surface area contributed by atoms with Crippen molar-refractivity contribution in [2.75, 3.05) is 12.4 Å². The van der Waals surface area contributed by atoms with E-state index >= 15 is 0 Å². The number of benzene rings is 2. The van der Waals surface area contributed by atoms with E-state index in [-0.39, 0.29) is 22.7 Å². The molecule has 0 saturated heterocycles. The summed E-state index contributed by atoms with van der Waals surface area (Å²) in [5.41, 5.74) is -3.36. The zero-order chi connectivity index (χ0) is 20.9. The number of carbonyl (C=O) groups is 1. The molecular formula is C17H13ClF5NO4. The molecule has 0 bridgehead atoms. The monoisotopic (exact) mass is 425 g/mol. The Hall–Kier alpha value is -2.75. The second-order valence-electron chi connectivity index (χ2n) is 5.16. The predicted octanol–water partition coefficient (Wildman–Crippen LogP) is 5.05. The van der Waals surface area contributed by atoms with Crippen molar-refractivity contribution >= 4 is 23.2 Å². The van der Waals surface area contributed by atoms with Gasteiger partial charge in [0, 0.05) is 5.56 Å². The molecule has 0 aliphatic carbocycles. The Balaban J connectivity index is 2.24. The molecule has 0 aliphatic rings. The predicted molar refractivity (Wildman–Crippen MR) is 90.3 cm³/mol. The quantitative estimate of drug-likeness (QED) is 0.475. The van der Waals surface area contributed by atoms with Gasteiger partial charge in [0.2, 0.25) is 0 Å². The smallest absolute Gasteiger partial charge is 0.444 e. The van der Waals surface area contributed by atoms with E-state index in [4.69, 9.17) is 16.3 Å². The van der Waals surface area contributed by atoms with Gasteiger partial charge in [-0.3, -0.25) is 4.79 Å². The number of halogens is 6. The maximum atomic E-state index is 13.4. The maximum absolute atomic E-state index is 13.4. The van der Waals surface area contributed by atoms with Gasteiger partial charge in [0.05, 0.1) is 12.8 Å². The summed E-state index contributed by atoms with van der Waals surface area (Å²) in [6, 6.07) is 8.39. The van der Waals surface area contributed by atoms with E-state index in [0.29, 0.717) is 0 Å². The number of amides is 1. The summed E-state index contributed by atoms with van der Waals surface area (Å²) < 4.78 is 77.6. The van der Waals surface area contributed by atoms with Gasteiger partial charge < -0.3 is 19.5 Å². The summed E-state index contributed by atoms with van der Waals surface area (Å²) in [6.45, 7) is -3.10. The average molecular weight is 426 g/mol. The van der Waals surface area contributed by atoms with Crippen LogP contribution in [-0.4, -0.2) is 31.4 Å². The summed E-state index contributed by atoms with van der Waals surface area (Å²) in [5, 5.41) is 2.29. The molecule has 2 aromatic carbocycles. The first-order chi connectivity index (χ1) is 13.1. The summed E-state index contributed by atoms with van der Waals surface area (Å²) in [6.07, 6.45) is -4.33. The molecule has 0 radical (unpaired) electrons. The highest BCUT2D eigenvalue weighted by molar-refractivity contribution is 6.20. The van der Waals surface area contributed by atoms with Crippen LogP contribution < -0.4 is 19.5 Å². The van der Waals surface area contributed by atoms with Gasteiger partial charge in [-0.25, -0.2) is 4.39 Å². The normalized spacial score (nSPS) is 12.4. The SMILES string of the molecule is COc1cc(C(=O)Nc2ccccc2OC(F)(F)[C@H](F)Cl)ccc1OC(F)F. The molecule has 0 spiro atoms. The highest BCUT2D eigenvalue weighted by Gasteiger charge is 2.42. The van der Waals surface area contributed by atoms with Crippen molar-refractivity contribution in [2.45, 2.75) is 18.4 Å². The summed E-state index contributed by atoms with van der Waals surface area (Å²) in [4.78, 5) is 12.4. The molecule has 2 rings (SSSR count). The molecular weight excluding hydrogens is 413 g/mol. The van der Waals surface area contributed by atoms with E-state index < -0.39 is 30.0 Å². The number of ether oxygens (including phenoxy) is 3. The first-order valence-electron chi connectivity index (χ1n) is 7.52. The molecule has 0 saturated carbocycles. The fraction of sp³-hybridized carbons (Fsp3) is 0.235. The van der Waals surface area contributed by atoms with E-state index in [1.807, 2.05) is 0 Å². The Bertz CT molecular complexity index is 835. The minimum atomic E-state index is -4.33. The van der Waals surface area contributed by atoms with Crippen LogP contribution in [-0.2, 0) is 0 Å². The number of alkyl halides is 6. The molecule has 11 heteroatoms. The molecule has 0 heterocycles. The fourth-order valence-corrected chi connectivity index (χ4v) is 2.09. The van der Waals surface area contributed by atoms with Crippen LogP contribution in [0, 0.1) is 0 Å². The highest BCUT2D eigenvalue weighted by atomic mass is 35.5. The fourth-order valence-electron chi connectivity index (χ4n) is 2.05. The number of methoxy groups -OCH3 is 1. The van der Waals surface area contributed by atoms with Gasteiger partial charge in [-0.2, -0.15) is 17.6 Å². The Kier molecular flexibility index (Phi) is 6.90. The lowest BCUT2D eigenvalue weighted by molar-refractivity contribution is -0.198. The van der Waals surface area contributed by atoms with Crippen molar-refractivity contribution in [3.8, 4) is 17.2 Å². The number of para-hydroxylation sites is 2. The summed E-state index contributed by atoms with van der Waals surface area (Å²) in [7, 11) is 1.18. The van der Waals surface area contributed by atoms with Crippen LogP contribution in [0.5, 0.6) is 17.2 Å². The Labute approximate surface area is 160 Å². The van der Waals surface area contributed by atoms with Gasteiger partial charge >= 0.3 is 12.7 Å². The van der Waals surface area contributed by atoms with Crippen molar-refractivity contribution in [3.63, 3.8) is 0 Å². The molecule has 1 N–H and O–H groups in total. The van der Waals surface area contributed by atoms with E-state index in [0.717, 1.165) is 24.3 Å². The topological polar surface area (TPSA) is 56.8 Å². The number of rotatable bonds is 8. The molecule has 2 aromatic rings. The zero-order valence-electron chi connectivity index (χ0n) is 14.1. The molecule has 28 heavy (non-hydrogen) atoms. The number of anilines is 1. The van der Waals surface area contributed by atoms with E-state index in [9.17, 15) is 26.7 Å². The van der Waals surface area contributed by atoms with Crippen LogP contribution in [0.4, 0.5) is 27.6 Å². The third-order valence-electron chi connectivity index (χ3n) is 3.28. The standard InChI is InChI=1S/C17H13ClF5NO4/c1-26-13-8-9(6-7-12(13)27-16(20)21)14(25)24-10-4-2-3-5-11(10)28-17(22,23)15(18)19/h2-8,15-16H,1H3,(H,24,25)/t15-/m0/s1. The zero-order valence-corrected chi connectivity index (χ0v) is 14.9. The second kappa shape index (κ2) is 8.96. The minimum absolute atomic E-state index is 0.0549. The first kappa shape index (κ1) is 21.5. The van der Waals surface area contributed by atoms with Gasteiger partial charge in [0.15, 0.2) is 11.5 Å². The Morgan fingerprint density at radius 3 is 2.36 bits per heavy atom. The maximum Gasteiger partial charge on any atom is 0.444 e. The number of hydrogen-bond acceptors (Lipinski definition) is 4. The minimum Gasteiger partial charge on any atom is -0.493 e. The van der Waals surface area contributed by atoms with Gasteiger partial charge in [0.25, 0.3) is 11.5 Å². The second-order valence-corrected chi connectivity index (χ2v) is 5.54. The van der Waals surface area contributed by atoms with Gasteiger partial charge in [-0.15, -0.1) is 0 Å². The lowest BCUT2D eigenvalue weighted by Crippen LogP contribution is -2.33. The lowest BCUT2D eigenvalue weighted by Gasteiger charge is -2.20. The van der Waals surface area contributed by atoms with Crippen molar-refractivity contribution in [3.05, 3.63) is 48.0 Å². The van der Waals surface area contributed by atoms with E-state index in [2.05, 4.69) is 14.8 Å². The largest absolute Gasteiger partial charge is 0.493 e. The average Bonchev–Trinajstić information content (AvgIpc) is 2.62. The number of hydrogen-bond donors (Lipinski definition) is 1. The number of carbonyl (C=O) groups excluding carboxylic acids is 1. The van der Waals surface area contributed by atoms with E-state index in [1.54, 1.807) is 0 Å². The highest BCUT2D eigenvalue weighted by Crippen LogP contribution is 2.34. The van der Waals surface area contributed by atoms with Gasteiger partial charge in [-0.05, 0) is 30.3 Å². The van der Waals surface area contributed by atoms with Crippen molar-refractivity contribution < 1.29 is 41.0 Å². The van der Waals surface area contributed by atoms with Crippen molar-refractivity contribution in [1.29, 1.82) is 0 Å². The molecule has 5 nitrogen and oxygen atoms in total. The Morgan fingerprint density at radius 2 is 1.75 bits per heavy atom. The molecule has 1 atom stereocenters. The lowest BCUT2D eigenvalue weighted by atomic mass is 10.1. The van der Waals surface area contributed by atoms with Crippen molar-refractivity contribution in [1.82, 2.24) is 0 Å². The van der Waals surface area contributed by atoms with Crippen LogP contribution in [0.3, 0.4) is 0 Å². The van der Waals surface area contributed by atoms with E-state index in [1.165, 1.54) is 25.3 Å². The van der Waals surface area contributed by atoms with Crippen LogP contribution in [0.1, 0.15) is 10.4 Å². The molecule has 1 amide bonds. The van der Waals surface area contributed by atoms with Gasteiger partial charge in [0.1, 0.15) is 5.75 Å². The van der Waals surface area contributed by atoms with Crippen LogP contribution in [0.25, 0.3) is 0 Å². The van der Waals surface area contributed by atoms with Crippen molar-refractivity contribution in [2.24, 2.45) is 0 Å². The first-order valence-corrected chi connectivity index (χ1v) is 7.96. The van der Waals surface area contributed by atoms with Gasteiger partial charge in [-0.1, -0.05) is 23.7 Å². The summed E-state index contributed by atoms with van der Waals surface area (Å²) in [5.74, 6) is -1.78. The number of nitrogens with one attached hydrogen (secondary N) is 1. The third kappa shape index (κ3) is 5.38. The van der Waals surface area contributed by atoms with Crippen LogP contribution in [0.15, 0.2) is 42.5 Å². The molecule has 152 valence electrons. The third-order valence-corrected chi connectivity index (χ3v) is 3.53. The van der Waals surface area contributed by atoms with Crippen LogP contribution >= 0.6 is 11.6 Å². The Morgan fingerprint density at radius 1 is 1.07 bits per heavy atom. The van der Waals surface area contributed by atoms with Crippen LogP contribution in [0.2, 0.25) is 0 Å². The molecule has 0 fully saturated rings. The summed E-state index contributed by atoms with van der Waals surface area (Å²) >= 11 is 4.75. The molecule has 0 aliphatic heterocycles. The molecule has 0 aromatic heterocycles. The molecule has 0 unspecified atom stereocenters.